The Labute approximate surface area is 185 Å². The quantitative estimate of drug-likeness (QED) is 0.572. The van der Waals surface area contributed by atoms with Crippen molar-refractivity contribution in [2.24, 2.45) is 0 Å². The standard InChI is InChI=1S/C19H19Cl2N3O3S.ClH/c1-12-8-18(16(21)11-15(12)20)28(25,26)23-14-9-13-2-7-27-19(13)17(10-14)24-5-3-22-4-6-24;/h2,7-11,22-23H,3-6H2,1H3;1H. The zero-order chi connectivity index (χ0) is 19.9. The van der Waals surface area contributed by atoms with Crippen LogP contribution in [0.25, 0.3) is 11.0 Å². The van der Waals surface area contributed by atoms with Crippen molar-refractivity contribution >= 4 is 68.0 Å². The number of piperazine rings is 1. The molecule has 0 aliphatic carbocycles. The van der Waals surface area contributed by atoms with Gasteiger partial charge in [-0.2, -0.15) is 0 Å². The summed E-state index contributed by atoms with van der Waals surface area (Å²) in [6, 6.07) is 8.28. The van der Waals surface area contributed by atoms with Gasteiger partial charge in [-0.25, -0.2) is 8.42 Å². The first-order chi connectivity index (χ1) is 13.3. The molecule has 1 aromatic heterocycles. The summed E-state index contributed by atoms with van der Waals surface area (Å²) in [5, 5.41) is 4.63. The van der Waals surface area contributed by atoms with Gasteiger partial charge >= 0.3 is 0 Å². The van der Waals surface area contributed by atoms with Crippen LogP contribution in [0.4, 0.5) is 11.4 Å². The average Bonchev–Trinajstić information content (AvgIpc) is 3.12. The number of nitrogens with zero attached hydrogens (tertiary/aromatic N) is 1. The highest BCUT2D eigenvalue weighted by Crippen LogP contribution is 2.34. The highest BCUT2D eigenvalue weighted by molar-refractivity contribution is 7.92. The van der Waals surface area contributed by atoms with E-state index in [1.54, 1.807) is 25.3 Å². The summed E-state index contributed by atoms with van der Waals surface area (Å²) >= 11 is 12.2. The summed E-state index contributed by atoms with van der Waals surface area (Å²) in [5.41, 5.74) is 2.69. The molecular formula is C19H20Cl3N3O3S. The van der Waals surface area contributed by atoms with E-state index < -0.39 is 10.0 Å². The molecule has 0 saturated carbocycles. The van der Waals surface area contributed by atoms with Crippen LogP contribution in [0.15, 0.2) is 45.9 Å². The maximum absolute atomic E-state index is 13.0. The van der Waals surface area contributed by atoms with Crippen LogP contribution in [0.5, 0.6) is 0 Å². The summed E-state index contributed by atoms with van der Waals surface area (Å²) in [4.78, 5) is 2.17. The van der Waals surface area contributed by atoms with Gasteiger partial charge in [0.15, 0.2) is 5.58 Å². The molecule has 1 aliphatic heterocycles. The molecule has 1 aliphatic rings. The van der Waals surface area contributed by atoms with Crippen molar-refractivity contribution in [1.82, 2.24) is 5.32 Å². The summed E-state index contributed by atoms with van der Waals surface area (Å²) in [6.07, 6.45) is 1.61. The first-order valence-corrected chi connectivity index (χ1v) is 11.0. The van der Waals surface area contributed by atoms with E-state index in [2.05, 4.69) is 14.9 Å². The van der Waals surface area contributed by atoms with Gasteiger partial charge in [0.2, 0.25) is 0 Å². The summed E-state index contributed by atoms with van der Waals surface area (Å²) in [7, 11) is -3.88. The number of hydrogen-bond acceptors (Lipinski definition) is 5. The Morgan fingerprint density at radius 2 is 1.83 bits per heavy atom. The first kappa shape index (κ1) is 22.1. The lowest BCUT2D eigenvalue weighted by molar-refractivity contribution is 0.579. The van der Waals surface area contributed by atoms with Gasteiger partial charge < -0.3 is 14.6 Å². The van der Waals surface area contributed by atoms with Crippen LogP contribution in [0.1, 0.15) is 5.56 Å². The number of aryl methyl sites for hydroxylation is 1. The molecule has 0 amide bonds. The molecule has 4 rings (SSSR count). The molecule has 0 bridgehead atoms. The fourth-order valence-electron chi connectivity index (χ4n) is 3.31. The van der Waals surface area contributed by atoms with Gasteiger partial charge in [0.1, 0.15) is 4.90 Å². The molecule has 3 aromatic rings. The predicted molar refractivity (Wildman–Crippen MR) is 121 cm³/mol. The average molecular weight is 477 g/mol. The van der Waals surface area contributed by atoms with Crippen LogP contribution in [-0.2, 0) is 10.0 Å². The van der Waals surface area contributed by atoms with Crippen molar-refractivity contribution in [3.8, 4) is 0 Å². The third-order valence-electron chi connectivity index (χ3n) is 4.74. The molecule has 156 valence electrons. The Morgan fingerprint density at radius 3 is 2.55 bits per heavy atom. The highest BCUT2D eigenvalue weighted by Gasteiger charge is 2.22. The van der Waals surface area contributed by atoms with E-state index in [1.165, 1.54) is 12.1 Å². The van der Waals surface area contributed by atoms with Gasteiger partial charge in [-0.3, -0.25) is 4.72 Å². The smallest absolute Gasteiger partial charge is 0.263 e. The molecule has 0 radical (unpaired) electrons. The van der Waals surface area contributed by atoms with Crippen LogP contribution < -0.4 is 14.9 Å². The van der Waals surface area contributed by atoms with Crippen molar-refractivity contribution in [2.45, 2.75) is 11.8 Å². The number of sulfonamides is 1. The SMILES string of the molecule is Cc1cc(S(=O)(=O)Nc2cc(N3CCNCC3)c3occc3c2)c(Cl)cc1Cl.Cl. The number of fused-ring (bicyclic) bond motifs is 1. The summed E-state index contributed by atoms with van der Waals surface area (Å²) in [5.74, 6) is 0. The molecule has 1 fully saturated rings. The topological polar surface area (TPSA) is 74.6 Å². The number of halogens is 3. The second kappa shape index (κ2) is 8.62. The molecule has 0 spiro atoms. The molecule has 6 nitrogen and oxygen atoms in total. The number of anilines is 2. The monoisotopic (exact) mass is 475 g/mol. The zero-order valence-electron chi connectivity index (χ0n) is 15.5. The van der Waals surface area contributed by atoms with Gasteiger partial charge in [0.25, 0.3) is 10.0 Å². The van der Waals surface area contributed by atoms with Gasteiger partial charge in [-0.1, -0.05) is 23.2 Å². The Kier molecular flexibility index (Phi) is 6.55. The lowest BCUT2D eigenvalue weighted by atomic mass is 10.2. The van der Waals surface area contributed by atoms with Crippen molar-refractivity contribution in [3.63, 3.8) is 0 Å². The molecular weight excluding hydrogens is 457 g/mol. The van der Waals surface area contributed by atoms with E-state index in [1.807, 2.05) is 6.07 Å². The van der Waals surface area contributed by atoms with Crippen molar-refractivity contribution < 1.29 is 12.8 Å². The number of benzene rings is 2. The molecule has 0 atom stereocenters. The normalized spacial score (nSPS) is 14.7. The van der Waals surface area contributed by atoms with Crippen molar-refractivity contribution in [1.29, 1.82) is 0 Å². The zero-order valence-corrected chi connectivity index (χ0v) is 18.7. The Balaban J connectivity index is 0.00000240. The second-order valence-corrected chi connectivity index (χ2v) is 9.17. The van der Waals surface area contributed by atoms with Crippen LogP contribution >= 0.6 is 35.6 Å². The Bertz CT molecular complexity index is 1140. The molecule has 1 saturated heterocycles. The number of hydrogen-bond donors (Lipinski definition) is 2. The molecule has 10 heteroatoms. The second-order valence-electron chi connectivity index (χ2n) is 6.71. The summed E-state index contributed by atoms with van der Waals surface area (Å²) in [6.45, 7) is 5.08. The first-order valence-electron chi connectivity index (χ1n) is 8.80. The van der Waals surface area contributed by atoms with Crippen LogP contribution in [0.2, 0.25) is 10.0 Å². The van der Waals surface area contributed by atoms with Crippen molar-refractivity contribution in [2.75, 3.05) is 35.8 Å². The number of rotatable bonds is 4. The fourth-order valence-corrected chi connectivity index (χ4v) is 5.18. The predicted octanol–water partition coefficient (Wildman–Crippen LogP) is 4.68. The minimum atomic E-state index is -3.88. The van der Waals surface area contributed by atoms with E-state index >= 15 is 0 Å². The number of nitrogens with one attached hydrogen (secondary N) is 2. The highest BCUT2D eigenvalue weighted by atomic mass is 35.5. The van der Waals surface area contributed by atoms with Crippen LogP contribution in [0, 0.1) is 6.92 Å². The molecule has 2 N–H and O–H groups in total. The minimum Gasteiger partial charge on any atom is -0.462 e. The number of furan rings is 1. The molecule has 29 heavy (non-hydrogen) atoms. The maximum Gasteiger partial charge on any atom is 0.263 e. The van der Waals surface area contributed by atoms with Crippen LogP contribution in [0.3, 0.4) is 0 Å². The van der Waals surface area contributed by atoms with E-state index in [0.717, 1.165) is 42.8 Å². The lowest BCUT2D eigenvalue weighted by Crippen LogP contribution is -2.43. The van der Waals surface area contributed by atoms with E-state index in [-0.39, 0.29) is 22.3 Å². The third kappa shape index (κ3) is 4.44. The molecule has 0 unspecified atom stereocenters. The van der Waals surface area contributed by atoms with E-state index in [0.29, 0.717) is 16.3 Å². The summed E-state index contributed by atoms with van der Waals surface area (Å²) < 4.78 is 34.2. The minimum absolute atomic E-state index is 0. The fraction of sp³-hybridized carbons (Fsp3) is 0.263. The Hall–Kier alpha value is -1.64. The van der Waals surface area contributed by atoms with E-state index in [9.17, 15) is 8.42 Å². The van der Waals surface area contributed by atoms with Gasteiger partial charge in [-0.15, -0.1) is 12.4 Å². The van der Waals surface area contributed by atoms with Gasteiger partial charge in [0, 0.05) is 36.6 Å². The maximum atomic E-state index is 13.0. The van der Waals surface area contributed by atoms with E-state index in [4.69, 9.17) is 27.6 Å². The molecule has 2 aromatic carbocycles. The third-order valence-corrected chi connectivity index (χ3v) is 7.00. The molecule has 2 heterocycles. The lowest BCUT2D eigenvalue weighted by Gasteiger charge is -2.29. The Morgan fingerprint density at radius 1 is 1.10 bits per heavy atom. The largest absolute Gasteiger partial charge is 0.462 e. The van der Waals surface area contributed by atoms with Crippen LogP contribution in [-0.4, -0.2) is 34.6 Å². The van der Waals surface area contributed by atoms with Gasteiger partial charge in [0.05, 0.1) is 22.7 Å². The van der Waals surface area contributed by atoms with Crippen molar-refractivity contribution in [3.05, 3.63) is 52.2 Å². The van der Waals surface area contributed by atoms with Gasteiger partial charge in [-0.05, 0) is 42.8 Å².